The van der Waals surface area contributed by atoms with Gasteiger partial charge in [0.25, 0.3) is 0 Å². The van der Waals surface area contributed by atoms with Gasteiger partial charge >= 0.3 is 0 Å². The number of hydrogen-bond donors (Lipinski definition) is 0. The standard InChI is InChI=1S/C36H44N2O5/c1-37(2)34-11-5-8-30(22-34)25-38(26-31-9-6-12-35(23-31)39-3)33-16-14-29(15-17-33)27-42-20-18-41-19-21-43-28-32-10-7-13-36(24-32)40-4/h5-17,22-24H,18-21,25-28H2,1-4H3. The Morgan fingerprint density at radius 3 is 1.60 bits per heavy atom. The summed E-state index contributed by atoms with van der Waals surface area (Å²) in [6.07, 6.45) is 0. The van der Waals surface area contributed by atoms with Crippen molar-refractivity contribution in [1.29, 1.82) is 0 Å². The van der Waals surface area contributed by atoms with Gasteiger partial charge in [0.1, 0.15) is 11.5 Å². The highest BCUT2D eigenvalue weighted by Gasteiger charge is 2.11. The summed E-state index contributed by atoms with van der Waals surface area (Å²) in [6, 6.07) is 33.4. The number of hydrogen-bond acceptors (Lipinski definition) is 7. The van der Waals surface area contributed by atoms with Crippen molar-refractivity contribution in [3.8, 4) is 11.5 Å². The fourth-order valence-electron chi connectivity index (χ4n) is 4.67. The van der Waals surface area contributed by atoms with E-state index in [-0.39, 0.29) is 0 Å². The van der Waals surface area contributed by atoms with Crippen molar-refractivity contribution < 1.29 is 23.7 Å². The molecule has 7 nitrogen and oxygen atoms in total. The van der Waals surface area contributed by atoms with E-state index in [1.54, 1.807) is 14.2 Å². The number of nitrogens with zero attached hydrogens (tertiary/aromatic N) is 2. The van der Waals surface area contributed by atoms with Gasteiger partial charge in [0.15, 0.2) is 0 Å². The lowest BCUT2D eigenvalue weighted by atomic mass is 10.1. The molecule has 0 spiro atoms. The van der Waals surface area contributed by atoms with Crippen LogP contribution in [0.3, 0.4) is 0 Å². The molecule has 4 aromatic carbocycles. The molecule has 0 aliphatic heterocycles. The van der Waals surface area contributed by atoms with Gasteiger partial charge in [-0.2, -0.15) is 0 Å². The zero-order valence-electron chi connectivity index (χ0n) is 25.8. The van der Waals surface area contributed by atoms with Crippen molar-refractivity contribution in [2.24, 2.45) is 0 Å². The van der Waals surface area contributed by atoms with Crippen LogP contribution in [0.25, 0.3) is 0 Å². The molecule has 4 aromatic rings. The molecule has 0 aliphatic rings. The maximum atomic E-state index is 5.86. The Kier molecular flexibility index (Phi) is 12.7. The lowest BCUT2D eigenvalue weighted by Crippen LogP contribution is -2.22. The molecule has 0 aliphatic carbocycles. The molecule has 0 N–H and O–H groups in total. The lowest BCUT2D eigenvalue weighted by molar-refractivity contribution is 0.00702. The summed E-state index contributed by atoms with van der Waals surface area (Å²) in [6.45, 7) is 4.74. The zero-order valence-corrected chi connectivity index (χ0v) is 25.8. The third-order valence-electron chi connectivity index (χ3n) is 7.03. The minimum absolute atomic E-state index is 0.529. The Bertz CT molecular complexity index is 1380. The predicted molar refractivity (Wildman–Crippen MR) is 173 cm³/mol. The Morgan fingerprint density at radius 2 is 1.00 bits per heavy atom. The number of benzene rings is 4. The first-order valence-corrected chi connectivity index (χ1v) is 14.6. The van der Waals surface area contributed by atoms with Gasteiger partial charge in [0.2, 0.25) is 0 Å². The van der Waals surface area contributed by atoms with Crippen LogP contribution in [0.4, 0.5) is 11.4 Å². The van der Waals surface area contributed by atoms with Crippen molar-refractivity contribution in [3.63, 3.8) is 0 Å². The fraction of sp³-hybridized carbons (Fsp3) is 0.333. The van der Waals surface area contributed by atoms with E-state index in [0.717, 1.165) is 41.4 Å². The molecule has 0 amide bonds. The zero-order chi connectivity index (χ0) is 30.3. The highest BCUT2D eigenvalue weighted by molar-refractivity contribution is 5.52. The van der Waals surface area contributed by atoms with Crippen LogP contribution in [0.1, 0.15) is 22.3 Å². The van der Waals surface area contributed by atoms with E-state index in [4.69, 9.17) is 23.7 Å². The van der Waals surface area contributed by atoms with E-state index in [1.165, 1.54) is 16.8 Å². The molecule has 0 saturated heterocycles. The van der Waals surface area contributed by atoms with Crippen molar-refractivity contribution in [1.82, 2.24) is 0 Å². The molecule has 0 atom stereocenters. The van der Waals surface area contributed by atoms with E-state index >= 15 is 0 Å². The van der Waals surface area contributed by atoms with Crippen LogP contribution in [0, 0.1) is 0 Å². The predicted octanol–water partition coefficient (Wildman–Crippen LogP) is 6.73. The molecule has 0 aromatic heterocycles. The normalized spacial score (nSPS) is 10.9. The molecule has 43 heavy (non-hydrogen) atoms. The number of rotatable bonds is 18. The Hall–Kier alpha value is -4.04. The third kappa shape index (κ3) is 10.6. The van der Waals surface area contributed by atoms with Crippen LogP contribution < -0.4 is 19.3 Å². The Balaban J connectivity index is 1.24. The van der Waals surface area contributed by atoms with Crippen LogP contribution in [-0.4, -0.2) is 54.7 Å². The third-order valence-corrected chi connectivity index (χ3v) is 7.03. The summed E-state index contributed by atoms with van der Waals surface area (Å²) < 4.78 is 27.9. The summed E-state index contributed by atoms with van der Waals surface area (Å²) in [5.74, 6) is 1.70. The summed E-state index contributed by atoms with van der Waals surface area (Å²) in [5.41, 5.74) is 7.00. The minimum atomic E-state index is 0.529. The van der Waals surface area contributed by atoms with Crippen LogP contribution >= 0.6 is 0 Å². The summed E-state index contributed by atoms with van der Waals surface area (Å²) in [4.78, 5) is 4.52. The monoisotopic (exact) mass is 584 g/mol. The molecule has 0 saturated carbocycles. The topological polar surface area (TPSA) is 52.6 Å². The van der Waals surface area contributed by atoms with Crippen molar-refractivity contribution in [2.75, 3.05) is 64.5 Å². The second-order valence-corrected chi connectivity index (χ2v) is 10.5. The Morgan fingerprint density at radius 1 is 0.488 bits per heavy atom. The largest absolute Gasteiger partial charge is 0.497 e. The molecule has 0 radical (unpaired) electrons. The average Bonchev–Trinajstić information content (AvgIpc) is 3.04. The summed E-state index contributed by atoms with van der Waals surface area (Å²) >= 11 is 0. The first-order chi connectivity index (χ1) is 21.0. The number of methoxy groups -OCH3 is 2. The van der Waals surface area contributed by atoms with Gasteiger partial charge in [-0.25, -0.2) is 0 Å². The summed E-state index contributed by atoms with van der Waals surface area (Å²) in [7, 11) is 7.51. The van der Waals surface area contributed by atoms with Gasteiger partial charge in [0.05, 0.1) is 53.9 Å². The van der Waals surface area contributed by atoms with Gasteiger partial charge in [-0.15, -0.1) is 0 Å². The number of ether oxygens (including phenoxy) is 5. The van der Waals surface area contributed by atoms with Gasteiger partial charge in [-0.3, -0.25) is 0 Å². The first-order valence-electron chi connectivity index (χ1n) is 14.6. The summed E-state index contributed by atoms with van der Waals surface area (Å²) in [5, 5.41) is 0. The number of anilines is 2. The van der Waals surface area contributed by atoms with Crippen molar-refractivity contribution >= 4 is 11.4 Å². The minimum Gasteiger partial charge on any atom is -0.497 e. The lowest BCUT2D eigenvalue weighted by Gasteiger charge is -2.26. The molecule has 0 heterocycles. The molecular formula is C36H44N2O5. The van der Waals surface area contributed by atoms with E-state index in [1.807, 2.05) is 36.4 Å². The second-order valence-electron chi connectivity index (χ2n) is 10.5. The second kappa shape index (κ2) is 17.2. The first kappa shape index (κ1) is 31.9. The quantitative estimate of drug-likeness (QED) is 0.120. The molecule has 7 heteroatoms. The molecule has 0 fully saturated rings. The van der Waals surface area contributed by atoms with Crippen LogP contribution in [-0.2, 0) is 40.5 Å². The molecule has 228 valence electrons. The molecule has 0 unspecified atom stereocenters. The van der Waals surface area contributed by atoms with Gasteiger partial charge in [0, 0.05) is 38.6 Å². The van der Waals surface area contributed by atoms with Crippen LogP contribution in [0.15, 0.2) is 97.1 Å². The van der Waals surface area contributed by atoms with E-state index in [2.05, 4.69) is 84.6 Å². The van der Waals surface area contributed by atoms with Gasteiger partial charge < -0.3 is 33.5 Å². The molecular weight excluding hydrogens is 540 g/mol. The van der Waals surface area contributed by atoms with Gasteiger partial charge in [-0.05, 0) is 70.8 Å². The van der Waals surface area contributed by atoms with E-state index in [9.17, 15) is 0 Å². The van der Waals surface area contributed by atoms with E-state index in [0.29, 0.717) is 39.6 Å². The average molecular weight is 585 g/mol. The maximum absolute atomic E-state index is 5.86. The van der Waals surface area contributed by atoms with Crippen LogP contribution in [0.2, 0.25) is 0 Å². The molecule has 0 bridgehead atoms. The fourth-order valence-corrected chi connectivity index (χ4v) is 4.67. The SMILES string of the molecule is COc1cccc(COCCOCCOCc2ccc(N(Cc3cccc(OC)c3)Cc3cccc(N(C)C)c3)cc2)c1. The highest BCUT2D eigenvalue weighted by atomic mass is 16.5. The smallest absolute Gasteiger partial charge is 0.119 e. The van der Waals surface area contributed by atoms with E-state index < -0.39 is 0 Å². The highest BCUT2D eigenvalue weighted by Crippen LogP contribution is 2.24. The van der Waals surface area contributed by atoms with Gasteiger partial charge in [-0.1, -0.05) is 48.5 Å². The molecule has 4 rings (SSSR count). The van der Waals surface area contributed by atoms with Crippen molar-refractivity contribution in [2.45, 2.75) is 26.3 Å². The van der Waals surface area contributed by atoms with Crippen molar-refractivity contribution in [3.05, 3.63) is 119 Å². The maximum Gasteiger partial charge on any atom is 0.119 e. The Labute approximate surface area is 256 Å². The van der Waals surface area contributed by atoms with Crippen LogP contribution in [0.5, 0.6) is 11.5 Å².